The molecule has 0 amide bonds. The molecule has 0 spiro atoms. The maximum absolute atomic E-state index is 2.40. The van der Waals surface area contributed by atoms with Gasteiger partial charge in [0, 0.05) is 0 Å². The fourth-order valence-electron chi connectivity index (χ4n) is 3.69. The third-order valence-corrected chi connectivity index (χ3v) is 5.08. The Morgan fingerprint density at radius 1 is 0.333 bits per heavy atom. The summed E-state index contributed by atoms with van der Waals surface area (Å²) in [5.41, 5.74) is 8.76. The van der Waals surface area contributed by atoms with E-state index in [9.17, 15) is 0 Å². The van der Waals surface area contributed by atoms with Crippen molar-refractivity contribution in [3.05, 3.63) is 106 Å². The number of aryl methyl sites for hydroxylation is 6. The quantitative estimate of drug-likeness (QED) is 0.524. The van der Waals surface area contributed by atoms with E-state index >= 15 is 0 Å². The summed E-state index contributed by atoms with van der Waals surface area (Å²) in [5.74, 6) is 0. The molecule has 1 aliphatic carbocycles. The van der Waals surface area contributed by atoms with Crippen LogP contribution in [0.2, 0.25) is 0 Å². The predicted octanol–water partition coefficient (Wildman–Crippen LogP) is 5.36. The minimum atomic E-state index is 1.13. The zero-order chi connectivity index (χ0) is 16.2. The molecule has 1 aliphatic rings. The van der Waals surface area contributed by atoms with Crippen LogP contribution in [-0.2, 0) is 38.5 Å². The van der Waals surface area contributed by atoms with Crippen LogP contribution in [0.5, 0.6) is 0 Å². The topological polar surface area (TPSA) is 0 Å². The average Bonchev–Trinajstić information content (AvgIpc) is 2.64. The summed E-state index contributed by atoms with van der Waals surface area (Å²) in [7, 11) is 0. The van der Waals surface area contributed by atoms with Gasteiger partial charge in [0.2, 0.25) is 0 Å². The maximum atomic E-state index is 2.40. The number of hydrogen-bond acceptors (Lipinski definition) is 0. The molecule has 0 saturated carbocycles. The Kier molecular flexibility index (Phi) is 4.46. The molecule has 0 nitrogen and oxygen atoms in total. The second-order valence-electron chi connectivity index (χ2n) is 6.96. The average molecular weight is 312 g/mol. The molecule has 3 aromatic carbocycles. The van der Waals surface area contributed by atoms with Gasteiger partial charge in [0.15, 0.2) is 0 Å². The van der Waals surface area contributed by atoms with E-state index in [1.807, 2.05) is 0 Å². The highest BCUT2D eigenvalue weighted by molar-refractivity contribution is 5.31. The fraction of sp³-hybridized carbons (Fsp3) is 0.250. The third-order valence-electron chi connectivity index (χ3n) is 5.08. The first-order valence-corrected chi connectivity index (χ1v) is 9.09. The molecule has 0 saturated heterocycles. The van der Waals surface area contributed by atoms with Gasteiger partial charge in [0.05, 0.1) is 0 Å². The molecular weight excluding hydrogens is 288 g/mol. The van der Waals surface area contributed by atoms with Crippen LogP contribution < -0.4 is 0 Å². The van der Waals surface area contributed by atoms with Gasteiger partial charge in [-0.05, 0) is 71.9 Å². The molecule has 0 aromatic heterocycles. The van der Waals surface area contributed by atoms with Gasteiger partial charge in [0.1, 0.15) is 0 Å². The Balaban J connectivity index is 1.68. The Hall–Kier alpha value is -2.34. The molecule has 6 bridgehead atoms. The zero-order valence-electron chi connectivity index (χ0n) is 14.2. The molecule has 0 unspecified atom stereocenters. The van der Waals surface area contributed by atoms with Crippen molar-refractivity contribution in [1.29, 1.82) is 0 Å². The molecule has 0 fully saturated rings. The van der Waals surface area contributed by atoms with E-state index < -0.39 is 0 Å². The summed E-state index contributed by atoms with van der Waals surface area (Å²) in [6, 6.07) is 27.5. The number of rotatable bonds is 0. The molecule has 0 N–H and O–H groups in total. The van der Waals surface area contributed by atoms with Crippen LogP contribution in [0.1, 0.15) is 33.4 Å². The summed E-state index contributed by atoms with van der Waals surface area (Å²) in [6.45, 7) is 0. The van der Waals surface area contributed by atoms with Gasteiger partial charge < -0.3 is 0 Å². The van der Waals surface area contributed by atoms with Crippen LogP contribution in [0.15, 0.2) is 72.8 Å². The smallest absolute Gasteiger partial charge is 0.0238 e. The molecule has 24 heavy (non-hydrogen) atoms. The first kappa shape index (κ1) is 15.2. The van der Waals surface area contributed by atoms with Crippen molar-refractivity contribution in [2.45, 2.75) is 38.5 Å². The number of hydrogen-bond donors (Lipinski definition) is 0. The van der Waals surface area contributed by atoms with Crippen molar-refractivity contribution < 1.29 is 0 Å². The van der Waals surface area contributed by atoms with Crippen LogP contribution >= 0.6 is 0 Å². The van der Waals surface area contributed by atoms with Crippen LogP contribution in [0.4, 0.5) is 0 Å². The number of fused-ring (bicyclic) bond motifs is 6. The fourth-order valence-corrected chi connectivity index (χ4v) is 3.69. The minimum Gasteiger partial charge on any atom is -0.0617 e. The standard InChI is InChI=1S/C24H24/c1-4-19-10-12-21-6-2-8-23(17-21)14-15-24-9-3-7-22(18-24)13-11-20(5-1)16-19/h1-9,16-18H,10-15H2. The first-order chi connectivity index (χ1) is 11.8. The van der Waals surface area contributed by atoms with Gasteiger partial charge >= 0.3 is 0 Å². The second-order valence-corrected chi connectivity index (χ2v) is 6.96. The lowest BCUT2D eigenvalue weighted by atomic mass is 9.99. The third kappa shape index (κ3) is 3.76. The molecule has 0 aliphatic heterocycles. The minimum absolute atomic E-state index is 1.13. The molecular formula is C24H24. The van der Waals surface area contributed by atoms with Crippen molar-refractivity contribution in [3.8, 4) is 0 Å². The Labute approximate surface area is 145 Å². The van der Waals surface area contributed by atoms with E-state index in [0.717, 1.165) is 38.5 Å². The summed E-state index contributed by atoms with van der Waals surface area (Å²) in [6.07, 6.45) is 6.78. The Bertz CT molecular complexity index is 658. The van der Waals surface area contributed by atoms with Gasteiger partial charge in [-0.3, -0.25) is 0 Å². The van der Waals surface area contributed by atoms with Crippen molar-refractivity contribution in [1.82, 2.24) is 0 Å². The lowest BCUT2D eigenvalue weighted by Gasteiger charge is -2.07. The molecule has 4 rings (SSSR count). The van der Waals surface area contributed by atoms with Crippen molar-refractivity contribution in [2.24, 2.45) is 0 Å². The van der Waals surface area contributed by atoms with Gasteiger partial charge in [-0.2, -0.15) is 0 Å². The summed E-state index contributed by atoms with van der Waals surface area (Å²) >= 11 is 0. The monoisotopic (exact) mass is 312 g/mol. The van der Waals surface area contributed by atoms with Crippen molar-refractivity contribution in [3.63, 3.8) is 0 Å². The van der Waals surface area contributed by atoms with Crippen LogP contribution in [-0.4, -0.2) is 0 Å². The van der Waals surface area contributed by atoms with Crippen LogP contribution in [0, 0.1) is 0 Å². The second kappa shape index (κ2) is 7.05. The van der Waals surface area contributed by atoms with E-state index in [1.165, 1.54) is 33.4 Å². The van der Waals surface area contributed by atoms with Crippen molar-refractivity contribution in [2.75, 3.05) is 0 Å². The highest BCUT2D eigenvalue weighted by atomic mass is 14.1. The van der Waals surface area contributed by atoms with E-state index in [4.69, 9.17) is 0 Å². The molecule has 0 radical (unpaired) electrons. The lowest BCUT2D eigenvalue weighted by molar-refractivity contribution is 0.930. The van der Waals surface area contributed by atoms with E-state index in [0.29, 0.717) is 0 Å². The van der Waals surface area contributed by atoms with E-state index in [2.05, 4.69) is 72.8 Å². The predicted molar refractivity (Wildman–Crippen MR) is 102 cm³/mol. The largest absolute Gasteiger partial charge is 0.0617 e. The van der Waals surface area contributed by atoms with Gasteiger partial charge in [0.25, 0.3) is 0 Å². The zero-order valence-corrected chi connectivity index (χ0v) is 14.2. The molecule has 120 valence electrons. The van der Waals surface area contributed by atoms with Crippen LogP contribution in [0.3, 0.4) is 0 Å². The SMILES string of the molecule is c1cc2cc(c1)CCc1cccc(c1)CCc1cccc(c1)CC2. The number of benzene rings is 3. The van der Waals surface area contributed by atoms with E-state index in [1.54, 1.807) is 0 Å². The maximum Gasteiger partial charge on any atom is -0.0238 e. The molecule has 0 heteroatoms. The lowest BCUT2D eigenvalue weighted by Crippen LogP contribution is -1.95. The van der Waals surface area contributed by atoms with Gasteiger partial charge in [-0.1, -0.05) is 72.8 Å². The highest BCUT2D eigenvalue weighted by Gasteiger charge is 2.04. The van der Waals surface area contributed by atoms with Crippen LogP contribution in [0.25, 0.3) is 0 Å². The normalized spacial score (nSPS) is 14.5. The molecule has 0 heterocycles. The van der Waals surface area contributed by atoms with Gasteiger partial charge in [-0.25, -0.2) is 0 Å². The summed E-state index contributed by atoms with van der Waals surface area (Å²) in [5, 5.41) is 0. The highest BCUT2D eigenvalue weighted by Crippen LogP contribution is 2.17. The molecule has 0 atom stereocenters. The summed E-state index contributed by atoms with van der Waals surface area (Å²) < 4.78 is 0. The molecule has 3 aromatic rings. The Morgan fingerprint density at radius 2 is 0.542 bits per heavy atom. The summed E-state index contributed by atoms with van der Waals surface area (Å²) in [4.78, 5) is 0. The first-order valence-electron chi connectivity index (χ1n) is 9.09. The van der Waals surface area contributed by atoms with Crippen molar-refractivity contribution >= 4 is 0 Å². The van der Waals surface area contributed by atoms with Gasteiger partial charge in [-0.15, -0.1) is 0 Å². The Morgan fingerprint density at radius 3 is 0.750 bits per heavy atom. The van der Waals surface area contributed by atoms with E-state index in [-0.39, 0.29) is 0 Å².